The van der Waals surface area contributed by atoms with E-state index in [2.05, 4.69) is 0 Å². The maximum atomic E-state index is 11.8. The van der Waals surface area contributed by atoms with Gasteiger partial charge in [0.05, 0.1) is 0 Å². The summed E-state index contributed by atoms with van der Waals surface area (Å²) in [5.74, 6) is -0.620. The van der Waals surface area contributed by atoms with Gasteiger partial charge in [0.25, 0.3) is 0 Å². The van der Waals surface area contributed by atoms with Crippen LogP contribution in [0.5, 0.6) is 0 Å². The molecule has 0 aromatic heterocycles. The van der Waals surface area contributed by atoms with Crippen LogP contribution in [0.1, 0.15) is 32.1 Å². The van der Waals surface area contributed by atoms with Crippen molar-refractivity contribution in [2.24, 2.45) is 5.92 Å². The number of halogens is 3. The first-order valence-electron chi connectivity index (χ1n) is 4.98. The SMILES string of the molecule is O=C(NC[B-](F)(F)F)C1CCCCC1.[K+]. The van der Waals surface area contributed by atoms with Crippen molar-refractivity contribution in [3.05, 3.63) is 0 Å². The zero-order valence-corrected chi connectivity index (χ0v) is 12.1. The van der Waals surface area contributed by atoms with Gasteiger partial charge in [0.15, 0.2) is 0 Å². The summed E-state index contributed by atoms with van der Waals surface area (Å²) in [5.41, 5.74) is 0. The second-order valence-corrected chi connectivity index (χ2v) is 3.79. The standard InChI is InChI=1S/C8H14BF3NO.K/c10-9(11,12)6-13-8(14)7-4-2-1-3-5-7;/h7H,1-6H2,(H,13,14);/q-1;+1. The van der Waals surface area contributed by atoms with Crippen LogP contribution in [0.15, 0.2) is 0 Å². The number of carbonyl (C=O) groups excluding carboxylic acids is 1. The van der Waals surface area contributed by atoms with E-state index in [0.29, 0.717) is 0 Å². The molecule has 7 heteroatoms. The molecular weight excluding hydrogens is 233 g/mol. The fraction of sp³-hybridized carbons (Fsp3) is 0.875. The van der Waals surface area contributed by atoms with Gasteiger partial charge in [-0.25, -0.2) is 0 Å². The quantitative estimate of drug-likeness (QED) is 0.642. The number of nitrogens with one attached hydrogen (secondary N) is 1. The van der Waals surface area contributed by atoms with E-state index in [1.165, 1.54) is 0 Å². The number of carbonyl (C=O) groups is 1. The molecule has 2 nitrogen and oxygen atoms in total. The first-order chi connectivity index (χ1) is 6.49. The molecule has 0 aromatic rings. The van der Waals surface area contributed by atoms with Crippen LogP contribution in [-0.4, -0.2) is 19.3 Å². The third kappa shape index (κ3) is 6.99. The van der Waals surface area contributed by atoms with Crippen LogP contribution in [0.4, 0.5) is 12.9 Å². The second-order valence-electron chi connectivity index (χ2n) is 3.79. The normalized spacial score (nSPS) is 18.1. The van der Waals surface area contributed by atoms with Crippen LogP contribution < -0.4 is 56.7 Å². The van der Waals surface area contributed by atoms with Gasteiger partial charge in [-0.1, -0.05) is 19.3 Å². The third-order valence-corrected chi connectivity index (χ3v) is 2.48. The van der Waals surface area contributed by atoms with E-state index in [4.69, 9.17) is 0 Å². The van der Waals surface area contributed by atoms with Gasteiger partial charge in [0, 0.05) is 5.92 Å². The summed E-state index contributed by atoms with van der Waals surface area (Å²) in [7, 11) is 0. The predicted octanol–water partition coefficient (Wildman–Crippen LogP) is -0.926. The molecule has 0 saturated heterocycles. The van der Waals surface area contributed by atoms with Gasteiger partial charge in [-0.3, -0.25) is 4.79 Å². The van der Waals surface area contributed by atoms with E-state index in [-0.39, 0.29) is 57.3 Å². The minimum absolute atomic E-state index is 0. The Hall–Kier alpha value is 0.961. The van der Waals surface area contributed by atoms with Crippen LogP contribution >= 0.6 is 0 Å². The fourth-order valence-electron chi connectivity index (χ4n) is 1.73. The van der Waals surface area contributed by atoms with Gasteiger partial charge in [0.2, 0.25) is 5.91 Å². The Labute approximate surface area is 130 Å². The minimum atomic E-state index is -4.89. The van der Waals surface area contributed by atoms with Crippen molar-refractivity contribution in [2.45, 2.75) is 32.1 Å². The molecule has 82 valence electrons. The number of amides is 1. The Balaban J connectivity index is 0.00000196. The summed E-state index contributed by atoms with van der Waals surface area (Å²) in [6, 6.07) is 0. The van der Waals surface area contributed by atoms with E-state index < -0.39 is 19.3 Å². The largest absolute Gasteiger partial charge is 1.00 e. The summed E-state index contributed by atoms with van der Waals surface area (Å²) in [6.07, 6.45) is 3.32. The van der Waals surface area contributed by atoms with Crippen LogP contribution in [0.25, 0.3) is 0 Å². The van der Waals surface area contributed by atoms with Gasteiger partial charge in [-0.05, 0) is 19.3 Å². The predicted molar refractivity (Wildman–Crippen MR) is 48.7 cm³/mol. The molecule has 1 fully saturated rings. The Morgan fingerprint density at radius 3 is 2.20 bits per heavy atom. The van der Waals surface area contributed by atoms with Gasteiger partial charge < -0.3 is 18.3 Å². The number of rotatable bonds is 3. The third-order valence-electron chi connectivity index (χ3n) is 2.48. The molecular formula is C8H14BF3KNO. The molecule has 0 radical (unpaired) electrons. The molecule has 0 bridgehead atoms. The molecule has 1 N–H and O–H groups in total. The first-order valence-corrected chi connectivity index (χ1v) is 4.98. The molecule has 15 heavy (non-hydrogen) atoms. The molecule has 1 aliphatic rings. The van der Waals surface area contributed by atoms with Crippen molar-refractivity contribution >= 4 is 12.9 Å². The Bertz CT molecular complexity index is 207. The average molecular weight is 247 g/mol. The summed E-state index contributed by atoms with van der Waals surface area (Å²) in [5, 5.41) is 1.96. The van der Waals surface area contributed by atoms with Crippen molar-refractivity contribution in [1.82, 2.24) is 5.32 Å². The molecule has 1 saturated carbocycles. The van der Waals surface area contributed by atoms with E-state index in [0.717, 1.165) is 32.1 Å². The van der Waals surface area contributed by atoms with Crippen LogP contribution in [0, 0.1) is 5.92 Å². The topological polar surface area (TPSA) is 29.1 Å². The van der Waals surface area contributed by atoms with Gasteiger partial charge in [-0.2, -0.15) is 0 Å². The summed E-state index contributed by atoms with van der Waals surface area (Å²) in [4.78, 5) is 11.2. The smallest absolute Gasteiger partial charge is 0.448 e. The van der Waals surface area contributed by atoms with Crippen molar-refractivity contribution in [1.29, 1.82) is 0 Å². The summed E-state index contributed by atoms with van der Waals surface area (Å²) >= 11 is 0. The molecule has 0 heterocycles. The molecule has 0 unspecified atom stereocenters. The van der Waals surface area contributed by atoms with E-state index in [9.17, 15) is 17.7 Å². The van der Waals surface area contributed by atoms with Gasteiger partial charge >= 0.3 is 58.4 Å². The van der Waals surface area contributed by atoms with E-state index >= 15 is 0 Å². The Morgan fingerprint density at radius 1 is 1.20 bits per heavy atom. The number of hydrogen-bond acceptors (Lipinski definition) is 1. The zero-order chi connectivity index (χ0) is 10.6. The molecule has 1 rings (SSSR count). The maximum absolute atomic E-state index is 11.8. The second kappa shape index (κ2) is 7.32. The average Bonchev–Trinajstić information content (AvgIpc) is 2.14. The van der Waals surface area contributed by atoms with E-state index in [1.54, 1.807) is 0 Å². The summed E-state index contributed by atoms with van der Waals surface area (Å²) in [6.45, 7) is -4.89. The molecule has 0 aromatic carbocycles. The molecule has 1 amide bonds. The van der Waals surface area contributed by atoms with Crippen molar-refractivity contribution < 1.29 is 69.1 Å². The van der Waals surface area contributed by atoms with Crippen LogP contribution in [0.2, 0.25) is 0 Å². The molecule has 0 aliphatic heterocycles. The maximum Gasteiger partial charge on any atom is 1.00 e. The van der Waals surface area contributed by atoms with Crippen LogP contribution in [-0.2, 0) is 4.79 Å². The summed E-state index contributed by atoms with van der Waals surface area (Å²) < 4.78 is 35.5. The van der Waals surface area contributed by atoms with Crippen molar-refractivity contribution in [3.63, 3.8) is 0 Å². The van der Waals surface area contributed by atoms with Crippen LogP contribution in [0.3, 0.4) is 0 Å². The molecule has 1 aliphatic carbocycles. The first kappa shape index (κ1) is 16.0. The van der Waals surface area contributed by atoms with Crippen molar-refractivity contribution in [3.8, 4) is 0 Å². The van der Waals surface area contributed by atoms with Gasteiger partial charge in [0.1, 0.15) is 0 Å². The Morgan fingerprint density at radius 2 is 1.73 bits per heavy atom. The fourth-order valence-corrected chi connectivity index (χ4v) is 1.73. The Kier molecular flexibility index (Phi) is 7.79. The van der Waals surface area contributed by atoms with E-state index in [1.807, 2.05) is 5.32 Å². The molecule has 0 atom stereocenters. The number of hydrogen-bond donors (Lipinski definition) is 1. The van der Waals surface area contributed by atoms with Gasteiger partial charge in [-0.15, -0.1) is 0 Å². The molecule has 0 spiro atoms. The zero-order valence-electron chi connectivity index (χ0n) is 8.94. The monoisotopic (exact) mass is 247 g/mol. The van der Waals surface area contributed by atoms with Crippen molar-refractivity contribution in [2.75, 3.05) is 6.44 Å². The minimum Gasteiger partial charge on any atom is -0.448 e.